The predicted octanol–water partition coefficient (Wildman–Crippen LogP) is -33.5. The highest BCUT2D eigenvalue weighted by Gasteiger charge is 2.67. The van der Waals surface area contributed by atoms with Gasteiger partial charge in [-0.1, -0.05) is 0 Å². The number of hydrogen-bond donors (Lipinski definition) is 0. The van der Waals surface area contributed by atoms with Crippen LogP contribution in [0.25, 0.3) is 0 Å². The fourth-order valence-electron chi connectivity index (χ4n) is 15.7. The second-order valence-electron chi connectivity index (χ2n) is 24.8. The molecule has 0 fully saturated rings. The van der Waals surface area contributed by atoms with Crippen molar-refractivity contribution < 1.29 is 0 Å². The van der Waals surface area contributed by atoms with Crippen molar-refractivity contribution in [3.8, 4) is 0 Å². The highest BCUT2D eigenvalue weighted by Crippen LogP contribution is 2.29. The summed E-state index contributed by atoms with van der Waals surface area (Å²) in [4.78, 5) is 0. The summed E-state index contributed by atoms with van der Waals surface area (Å²) in [6.45, 7) is 0. The standard InChI is InChI=1S/B88/c1-46(2)68(45)79(67(43)44)85(80(69(47(3)4)48(5)6)70(49(7)8)50(9)10)88(86(81(71(51(11)12)52(13)14)72(53(15)16)54(17)18)82(73(55(19)20)56(21)22)74(57(23)24)58(25)26)87(83(75(59(27)28)60(29)30)76(61(31)32)62(33)34)84(77(63(35)36)64(37)38)78(65(39)40)66(41)42. The van der Waals surface area contributed by atoms with Gasteiger partial charge in [-0.15, -0.1) is 0 Å². The average Bonchev–Trinajstić information content (AvgIpc) is 3.29. The minimum absolute atomic E-state index is 1.66. The van der Waals surface area contributed by atoms with Crippen molar-refractivity contribution in [1.82, 2.24) is 0 Å². The first-order valence-electron chi connectivity index (χ1n) is 29.0. The van der Waals surface area contributed by atoms with Crippen molar-refractivity contribution in [1.29, 1.82) is 0 Å². The van der Waals surface area contributed by atoms with E-state index in [9.17, 15) is 0 Å². The van der Waals surface area contributed by atoms with Crippen LogP contribution in [-0.2, 0) is 0 Å². The van der Waals surface area contributed by atoms with E-state index in [1.54, 1.807) is 0 Å². The Kier molecular flexibility index (Phi) is 45.8. The summed E-state index contributed by atoms with van der Waals surface area (Å²) < 4.78 is 0. The fourth-order valence-corrected chi connectivity index (χ4v) is 15.7. The van der Waals surface area contributed by atoms with Crippen LogP contribution >= 0.6 is 0 Å². The Bertz CT molecular complexity index is 1400. The molecule has 88 heteroatoms. The van der Waals surface area contributed by atoms with Gasteiger partial charge >= 0.3 is 0 Å². The third-order valence-corrected chi connectivity index (χ3v) is 18.7. The number of rotatable bonds is 42. The lowest BCUT2D eigenvalue weighted by Crippen LogP contribution is -3.00. The van der Waals surface area contributed by atoms with E-state index in [0.717, 1.165) is 0 Å². The minimum atomic E-state index is -2.10. The largest absolute Gasteiger partial charge is 0 e. The molecule has 0 aliphatic rings. The molecule has 0 unspecified atom stereocenters. The van der Waals surface area contributed by atoms with Gasteiger partial charge in [-0.25, -0.2) is 0 Å². The lowest BCUT2D eigenvalue weighted by molar-refractivity contribution is 3.13. The van der Waals surface area contributed by atoms with Gasteiger partial charge in [0.2, 0.25) is 0 Å². The summed E-state index contributed by atoms with van der Waals surface area (Å²) in [5, 5.41) is 0. The normalized spacial score (nSPS) is 9.82. The highest BCUT2D eigenvalue weighted by atomic mass is 13.5. The van der Waals surface area contributed by atoms with E-state index in [2.05, 4.69) is 0 Å². The molecule has 264 valence electrons. The van der Waals surface area contributed by atoms with Crippen molar-refractivity contribution in [2.75, 3.05) is 0 Å². The molecular weight excluding hydrogens is 951 g/mol. The molecule has 0 N–H and O–H groups in total. The summed E-state index contributed by atoms with van der Waals surface area (Å²) in [7, 11) is 314. The van der Waals surface area contributed by atoms with Gasteiger partial charge in [0.1, 0.15) is 0 Å². The predicted molar refractivity (Wildman–Crippen MR) is 506 cm³/mol. The van der Waals surface area contributed by atoms with E-state index in [1.165, 1.54) is 0 Å². The molecule has 0 aromatic carbocycles. The van der Waals surface area contributed by atoms with Gasteiger partial charge in [-0.3, -0.25) is 0 Å². The van der Waals surface area contributed by atoms with Crippen molar-refractivity contribution in [3.63, 3.8) is 0 Å². The molecule has 0 aliphatic carbocycles. The van der Waals surface area contributed by atoms with E-state index in [-0.39, 0.29) is 0 Å². The van der Waals surface area contributed by atoms with Crippen molar-refractivity contribution in [2.24, 2.45) is 0 Å². The molecule has 0 bridgehead atoms. The summed E-state index contributed by atoms with van der Waals surface area (Å²) in [5.41, 5.74) is 0. The zero-order chi connectivity index (χ0) is 69.8. The lowest BCUT2D eigenvalue weighted by Gasteiger charge is -2.62. The van der Waals surface area contributed by atoms with Gasteiger partial charge in [0.25, 0.3) is 0 Å². The van der Waals surface area contributed by atoms with Crippen LogP contribution in [0.1, 0.15) is 0 Å². The Balaban J connectivity index is 13.5. The Morgan fingerprint density at radius 1 is 0.0682 bits per heavy atom. The van der Waals surface area contributed by atoms with Crippen LogP contribution in [0.15, 0.2) is 0 Å². The van der Waals surface area contributed by atoms with Gasteiger partial charge in [-0.2, -0.15) is 0 Å². The van der Waals surface area contributed by atoms with Crippen LogP contribution in [0.5, 0.6) is 0 Å². The second kappa shape index (κ2) is 43.0. The van der Waals surface area contributed by atoms with Crippen LogP contribution in [0.2, 0.25) is 0 Å². The Labute approximate surface area is 616 Å². The maximum Gasteiger partial charge on any atom is 0 e. The first kappa shape index (κ1) is 93.7. The van der Waals surface area contributed by atoms with Crippen LogP contribution in [0.3, 0.4) is 0 Å². The summed E-state index contributed by atoms with van der Waals surface area (Å²) in [5.74, 6) is 0. The van der Waals surface area contributed by atoms with E-state index < -0.39 is 275 Å². The van der Waals surface area contributed by atoms with Crippen LogP contribution < -0.4 is 0 Å². The van der Waals surface area contributed by atoms with Gasteiger partial charge < -0.3 is 0 Å². The molecule has 0 atom stereocenters. The second-order valence-corrected chi connectivity index (χ2v) is 24.8. The molecule has 0 aromatic heterocycles. The van der Waals surface area contributed by atoms with E-state index in [4.69, 9.17) is 348 Å². The minimum Gasteiger partial charge on any atom is 0 e. The third-order valence-electron chi connectivity index (χ3n) is 18.7. The molecule has 0 nitrogen and oxygen atoms in total. The molecule has 0 saturated carbocycles. The zero-order valence-electron chi connectivity index (χ0n) is 50.8. The first-order chi connectivity index (χ1) is 40.0. The SMILES string of the molecule is [B]B([B])B([B])B(B([B])[B])B(B(B(B([B])[B])B([B])[B])B(B([B])[B])B([B])[B])B(B(B(B(B([B])[B])B([B])[B])B(B([B])[B])B([B])[B])B(B(B([B])[B])B([B])[B])B(B([B])[B])B([B])[B])B(B(B(B([B])[B])B([B])[B])B(B([B])[B])B([B])[B])B(B(B([B])[B])B([B])[B])B(B([B])[B])B([B])[B]. The van der Waals surface area contributed by atoms with Crippen LogP contribution in [0.4, 0.5) is 0 Å². The Hall–Kier alpha value is 5.71. The lowest BCUT2D eigenvalue weighted by atomic mass is 8.19. The van der Waals surface area contributed by atoms with Gasteiger partial charge in [0.05, 0.1) is 0 Å². The van der Waals surface area contributed by atoms with Gasteiger partial charge in [0, 0.05) is 623 Å². The maximum atomic E-state index is 7.40. The first-order valence-corrected chi connectivity index (χ1v) is 29.0. The average molecular weight is 951 g/mol. The molecule has 0 aromatic rings. The van der Waals surface area contributed by atoms with E-state index in [1.807, 2.05) is 0 Å². The van der Waals surface area contributed by atoms with Crippen molar-refractivity contribution in [2.45, 2.75) is 0 Å². The molecule has 0 spiro atoms. The van der Waals surface area contributed by atoms with Crippen LogP contribution in [-0.4, -0.2) is 623 Å². The smallest absolute Gasteiger partial charge is 0 e. The molecule has 90 radical (unpaired) electrons. The number of hydrogen-bond acceptors (Lipinski definition) is 0. The molecule has 0 amide bonds. The highest BCUT2D eigenvalue weighted by molar-refractivity contribution is 8.42. The topological polar surface area (TPSA) is 0 Å². The molecule has 0 saturated heterocycles. The summed E-state index contributed by atoms with van der Waals surface area (Å²) in [6.07, 6.45) is -76.3. The van der Waals surface area contributed by atoms with Gasteiger partial charge in [0.15, 0.2) is 0 Å². The molecular formula is B88. The summed E-state index contributed by atoms with van der Waals surface area (Å²) >= 11 is 0. The van der Waals surface area contributed by atoms with Crippen LogP contribution in [0, 0.1) is 0 Å². The Morgan fingerprint density at radius 3 is 0.205 bits per heavy atom. The maximum absolute atomic E-state index is 7.40. The molecule has 0 aliphatic heterocycles. The zero-order valence-corrected chi connectivity index (χ0v) is 50.8. The molecule has 0 heterocycles. The Morgan fingerprint density at radius 2 is 0.136 bits per heavy atom. The molecule has 0 rings (SSSR count). The van der Waals surface area contributed by atoms with E-state index >= 15 is 0 Å². The van der Waals surface area contributed by atoms with Crippen molar-refractivity contribution >= 4 is 623 Å². The fraction of sp³-hybridized carbons (Fsp3) is 0. The quantitative estimate of drug-likeness (QED) is 0.0535. The van der Waals surface area contributed by atoms with Gasteiger partial charge in [-0.05, 0) is 0 Å². The van der Waals surface area contributed by atoms with E-state index in [0.29, 0.717) is 0 Å². The summed E-state index contributed by atoms with van der Waals surface area (Å²) in [6, 6.07) is 0. The van der Waals surface area contributed by atoms with Crippen molar-refractivity contribution in [3.05, 3.63) is 0 Å². The third kappa shape index (κ3) is 25.0. The molecule has 88 heavy (non-hydrogen) atoms. The monoisotopic (exact) mass is 969 g/mol.